The summed E-state index contributed by atoms with van der Waals surface area (Å²) in [6, 6.07) is 7.67. The number of methoxy groups -OCH3 is 1. The standard InChI is InChI=1S/C21H27NO4S/c1-4-18-17-8-10-27-21(17)7-9-22(18)12-16(24)13-26-19-6-5-15(14(2)23)11-20(19)25-3/h5-6,8,10-11,16,18,24H,4,7,9,12-13H2,1-3H3/t16-,18-/m1/s1. The summed E-state index contributed by atoms with van der Waals surface area (Å²) in [6.45, 7) is 5.41. The lowest BCUT2D eigenvalue weighted by Gasteiger charge is -2.36. The molecule has 0 saturated heterocycles. The Balaban J connectivity index is 1.60. The van der Waals surface area contributed by atoms with Crippen LogP contribution < -0.4 is 9.47 Å². The maximum absolute atomic E-state index is 11.5. The number of carbonyl (C=O) groups excluding carboxylic acids is 1. The molecule has 0 saturated carbocycles. The lowest BCUT2D eigenvalue weighted by Crippen LogP contribution is -2.41. The number of hydrogen-bond donors (Lipinski definition) is 1. The molecule has 0 unspecified atom stereocenters. The number of carbonyl (C=O) groups is 1. The number of ether oxygens (including phenoxy) is 2. The molecule has 2 heterocycles. The topological polar surface area (TPSA) is 59.0 Å². The van der Waals surface area contributed by atoms with Gasteiger partial charge in [0, 0.05) is 29.6 Å². The van der Waals surface area contributed by atoms with E-state index in [1.165, 1.54) is 17.4 Å². The van der Waals surface area contributed by atoms with E-state index in [0.717, 1.165) is 19.4 Å². The van der Waals surface area contributed by atoms with Gasteiger partial charge in [0.05, 0.1) is 7.11 Å². The van der Waals surface area contributed by atoms with Gasteiger partial charge in [-0.05, 0) is 55.0 Å². The Morgan fingerprint density at radius 2 is 2.19 bits per heavy atom. The first-order valence-corrected chi connectivity index (χ1v) is 10.2. The third-order valence-electron chi connectivity index (χ3n) is 5.04. The van der Waals surface area contributed by atoms with Gasteiger partial charge in [-0.25, -0.2) is 0 Å². The Bertz CT molecular complexity index is 788. The molecule has 6 heteroatoms. The number of nitrogens with zero attached hydrogens (tertiary/aromatic N) is 1. The van der Waals surface area contributed by atoms with Gasteiger partial charge in [0.2, 0.25) is 0 Å². The van der Waals surface area contributed by atoms with E-state index in [9.17, 15) is 9.90 Å². The minimum Gasteiger partial charge on any atom is -0.493 e. The average molecular weight is 390 g/mol. The highest BCUT2D eigenvalue weighted by Gasteiger charge is 2.28. The zero-order valence-electron chi connectivity index (χ0n) is 16.1. The van der Waals surface area contributed by atoms with Crippen molar-refractivity contribution in [3.63, 3.8) is 0 Å². The van der Waals surface area contributed by atoms with Crippen LogP contribution in [0.3, 0.4) is 0 Å². The Kier molecular flexibility index (Phi) is 6.52. The monoisotopic (exact) mass is 389 g/mol. The second-order valence-electron chi connectivity index (χ2n) is 6.85. The number of β-amino-alcohol motifs (C(OH)–C–C–N with tert-alkyl or cyclic N) is 1. The molecular weight excluding hydrogens is 362 g/mol. The van der Waals surface area contributed by atoms with Gasteiger partial charge in [-0.3, -0.25) is 9.69 Å². The van der Waals surface area contributed by atoms with Gasteiger partial charge in [0.15, 0.2) is 17.3 Å². The average Bonchev–Trinajstić information content (AvgIpc) is 3.14. The molecule has 1 aliphatic heterocycles. The number of Topliss-reactive ketones (excluding diaryl/α,β-unsaturated/α-hetero) is 1. The minimum absolute atomic E-state index is 0.0246. The molecule has 0 fully saturated rings. The van der Waals surface area contributed by atoms with E-state index in [1.54, 1.807) is 25.3 Å². The molecule has 1 aromatic heterocycles. The number of fused-ring (bicyclic) bond motifs is 1. The maximum atomic E-state index is 11.5. The molecular formula is C21H27NO4S. The summed E-state index contributed by atoms with van der Waals surface area (Å²) in [5.74, 6) is 1.01. The molecule has 1 N–H and O–H groups in total. The molecule has 27 heavy (non-hydrogen) atoms. The largest absolute Gasteiger partial charge is 0.493 e. The van der Waals surface area contributed by atoms with E-state index in [2.05, 4.69) is 23.3 Å². The number of aliphatic hydroxyl groups is 1. The van der Waals surface area contributed by atoms with Crippen molar-refractivity contribution in [2.45, 2.75) is 38.8 Å². The zero-order chi connectivity index (χ0) is 19.4. The van der Waals surface area contributed by atoms with Crippen LogP contribution in [0, 0.1) is 0 Å². The predicted octanol–water partition coefficient (Wildman–Crippen LogP) is 3.71. The molecule has 5 nitrogen and oxygen atoms in total. The van der Waals surface area contributed by atoms with Crippen molar-refractivity contribution < 1.29 is 19.4 Å². The fourth-order valence-electron chi connectivity index (χ4n) is 3.66. The molecule has 3 rings (SSSR count). The van der Waals surface area contributed by atoms with Gasteiger partial charge in [0.25, 0.3) is 0 Å². The van der Waals surface area contributed by atoms with Crippen molar-refractivity contribution in [1.82, 2.24) is 4.90 Å². The normalized spacial score (nSPS) is 18.0. The maximum Gasteiger partial charge on any atom is 0.161 e. The summed E-state index contributed by atoms with van der Waals surface area (Å²) in [5.41, 5.74) is 1.98. The van der Waals surface area contributed by atoms with Crippen molar-refractivity contribution >= 4 is 17.1 Å². The molecule has 0 radical (unpaired) electrons. The Morgan fingerprint density at radius 3 is 2.89 bits per heavy atom. The fourth-order valence-corrected chi connectivity index (χ4v) is 4.59. The molecule has 0 amide bonds. The van der Waals surface area contributed by atoms with Crippen LogP contribution in [0.25, 0.3) is 0 Å². The summed E-state index contributed by atoms with van der Waals surface area (Å²) in [5, 5.41) is 12.7. The highest BCUT2D eigenvalue weighted by atomic mass is 32.1. The smallest absolute Gasteiger partial charge is 0.161 e. The van der Waals surface area contributed by atoms with Gasteiger partial charge in [-0.15, -0.1) is 11.3 Å². The number of hydrogen-bond acceptors (Lipinski definition) is 6. The highest BCUT2D eigenvalue weighted by Crippen LogP contribution is 2.35. The molecule has 0 aliphatic carbocycles. The molecule has 0 bridgehead atoms. The third kappa shape index (κ3) is 4.51. The van der Waals surface area contributed by atoms with Crippen LogP contribution in [0.5, 0.6) is 11.5 Å². The summed E-state index contributed by atoms with van der Waals surface area (Å²) in [7, 11) is 1.54. The summed E-state index contributed by atoms with van der Waals surface area (Å²) in [6.07, 6.45) is 1.46. The van der Waals surface area contributed by atoms with Crippen LogP contribution in [0.15, 0.2) is 29.6 Å². The van der Waals surface area contributed by atoms with E-state index < -0.39 is 6.10 Å². The SMILES string of the molecule is CC[C@@H]1c2ccsc2CCN1C[C@@H](O)COc1ccc(C(C)=O)cc1OC. The first kappa shape index (κ1) is 19.9. The predicted molar refractivity (Wildman–Crippen MR) is 107 cm³/mol. The lowest BCUT2D eigenvalue weighted by molar-refractivity contribution is 0.0472. The van der Waals surface area contributed by atoms with Crippen LogP contribution in [0.1, 0.15) is 47.1 Å². The van der Waals surface area contributed by atoms with E-state index in [1.807, 2.05) is 11.3 Å². The lowest BCUT2D eigenvalue weighted by atomic mass is 9.97. The van der Waals surface area contributed by atoms with Crippen LogP contribution in [0.4, 0.5) is 0 Å². The molecule has 2 aromatic rings. The number of benzene rings is 1. The molecule has 2 atom stereocenters. The van der Waals surface area contributed by atoms with Crippen LogP contribution in [0.2, 0.25) is 0 Å². The van der Waals surface area contributed by atoms with Crippen LogP contribution in [-0.2, 0) is 6.42 Å². The zero-order valence-corrected chi connectivity index (χ0v) is 16.9. The summed E-state index contributed by atoms with van der Waals surface area (Å²) < 4.78 is 11.1. The number of thiophene rings is 1. The van der Waals surface area contributed by atoms with Crippen molar-refractivity contribution in [2.24, 2.45) is 0 Å². The Labute approximate surface area is 164 Å². The minimum atomic E-state index is -0.601. The van der Waals surface area contributed by atoms with Gasteiger partial charge in [-0.2, -0.15) is 0 Å². The van der Waals surface area contributed by atoms with Crippen molar-refractivity contribution in [1.29, 1.82) is 0 Å². The van der Waals surface area contributed by atoms with Gasteiger partial charge in [0.1, 0.15) is 12.7 Å². The van der Waals surface area contributed by atoms with Gasteiger partial charge >= 0.3 is 0 Å². The third-order valence-corrected chi connectivity index (χ3v) is 6.04. The van der Waals surface area contributed by atoms with Gasteiger partial charge < -0.3 is 14.6 Å². The Morgan fingerprint density at radius 1 is 1.37 bits per heavy atom. The van der Waals surface area contributed by atoms with Crippen molar-refractivity contribution in [2.75, 3.05) is 26.8 Å². The number of ketones is 1. The molecule has 146 valence electrons. The van der Waals surface area contributed by atoms with E-state index in [-0.39, 0.29) is 12.4 Å². The summed E-state index contributed by atoms with van der Waals surface area (Å²) in [4.78, 5) is 15.3. The van der Waals surface area contributed by atoms with Crippen LogP contribution in [-0.4, -0.2) is 48.7 Å². The van der Waals surface area contributed by atoms with E-state index >= 15 is 0 Å². The second-order valence-corrected chi connectivity index (χ2v) is 7.86. The quantitative estimate of drug-likeness (QED) is 0.698. The van der Waals surface area contributed by atoms with E-state index in [0.29, 0.717) is 29.6 Å². The van der Waals surface area contributed by atoms with E-state index in [4.69, 9.17) is 9.47 Å². The van der Waals surface area contributed by atoms with Gasteiger partial charge in [-0.1, -0.05) is 6.92 Å². The van der Waals surface area contributed by atoms with Crippen molar-refractivity contribution in [3.8, 4) is 11.5 Å². The highest BCUT2D eigenvalue weighted by molar-refractivity contribution is 7.10. The summed E-state index contributed by atoms with van der Waals surface area (Å²) >= 11 is 1.83. The van der Waals surface area contributed by atoms with Crippen molar-refractivity contribution in [3.05, 3.63) is 45.6 Å². The first-order valence-electron chi connectivity index (χ1n) is 9.33. The first-order chi connectivity index (χ1) is 13.0. The number of aliphatic hydroxyl groups excluding tert-OH is 1. The number of rotatable bonds is 8. The fraction of sp³-hybridized carbons (Fsp3) is 0.476. The second kappa shape index (κ2) is 8.87. The Hall–Kier alpha value is -1.89. The molecule has 0 spiro atoms. The van der Waals surface area contributed by atoms with Crippen LogP contribution >= 0.6 is 11.3 Å². The molecule has 1 aliphatic rings. The molecule has 1 aromatic carbocycles.